The van der Waals surface area contributed by atoms with Gasteiger partial charge in [0.2, 0.25) is 0 Å². The molecular weight excluding hydrogens is 601 g/mol. The number of Topliss-reactive ketones (excluding diaryl/α,β-unsaturated/α-hetero) is 1. The van der Waals surface area contributed by atoms with Crippen LogP contribution >= 0.6 is 11.3 Å². The fourth-order valence-electron chi connectivity index (χ4n) is 4.55. The Kier molecular flexibility index (Phi) is 11.7. The molecule has 4 aromatic rings. The molecule has 0 saturated carbocycles. The number of fused-ring (bicyclic) bond motifs is 1. The fraction of sp³-hybridized carbons (Fsp3) is 0.303. The van der Waals surface area contributed by atoms with E-state index in [9.17, 15) is 23.6 Å². The first-order chi connectivity index (χ1) is 21.6. The number of aromatic nitrogens is 1. The monoisotopic (exact) mass is 635 g/mol. The summed E-state index contributed by atoms with van der Waals surface area (Å²) in [4.78, 5) is 55.1. The summed E-state index contributed by atoms with van der Waals surface area (Å²) in [5.74, 6) is -0.626. The van der Waals surface area contributed by atoms with E-state index in [1.165, 1.54) is 31.6 Å². The zero-order chi connectivity index (χ0) is 32.3. The molecule has 1 N–H and O–H groups in total. The summed E-state index contributed by atoms with van der Waals surface area (Å²) >= 11 is 1.25. The van der Waals surface area contributed by atoms with Crippen molar-refractivity contribution in [2.45, 2.75) is 26.2 Å². The average Bonchev–Trinajstić information content (AvgIpc) is 3.47. The van der Waals surface area contributed by atoms with Gasteiger partial charge in [0.1, 0.15) is 23.1 Å². The van der Waals surface area contributed by atoms with Gasteiger partial charge in [0.15, 0.2) is 0 Å². The van der Waals surface area contributed by atoms with Gasteiger partial charge in [-0.25, -0.2) is 4.39 Å². The van der Waals surface area contributed by atoms with E-state index >= 15 is 0 Å². The number of rotatable bonds is 15. The summed E-state index contributed by atoms with van der Waals surface area (Å²) in [6, 6.07) is 15.3. The molecule has 12 heteroatoms. The number of esters is 2. The average molecular weight is 636 g/mol. The van der Waals surface area contributed by atoms with Gasteiger partial charge in [0.05, 0.1) is 42.4 Å². The minimum Gasteiger partial charge on any atom is -0.468 e. The number of ketones is 1. The molecule has 0 spiro atoms. The predicted molar refractivity (Wildman–Crippen MR) is 167 cm³/mol. The van der Waals surface area contributed by atoms with Crippen molar-refractivity contribution in [3.63, 3.8) is 0 Å². The topological polar surface area (TPSA) is 124 Å². The van der Waals surface area contributed by atoms with Crippen LogP contribution in [0.1, 0.15) is 32.8 Å². The Morgan fingerprint density at radius 1 is 0.933 bits per heavy atom. The highest BCUT2D eigenvalue weighted by Crippen LogP contribution is 2.35. The molecule has 0 aliphatic heterocycles. The number of carbonyl (C=O) groups is 4. The predicted octanol–water partition coefficient (Wildman–Crippen LogP) is 4.66. The van der Waals surface area contributed by atoms with E-state index in [1.54, 1.807) is 59.6 Å². The number of amides is 1. The van der Waals surface area contributed by atoms with E-state index in [2.05, 4.69) is 19.8 Å². The van der Waals surface area contributed by atoms with E-state index < -0.39 is 11.9 Å². The maximum absolute atomic E-state index is 14.0. The van der Waals surface area contributed by atoms with E-state index in [-0.39, 0.29) is 43.4 Å². The number of nitrogens with one attached hydrogen (secondary N) is 1. The molecule has 2 aromatic carbocycles. The summed E-state index contributed by atoms with van der Waals surface area (Å²) < 4.78 is 30.2. The van der Waals surface area contributed by atoms with Gasteiger partial charge in [0.25, 0.3) is 5.91 Å². The van der Waals surface area contributed by atoms with Gasteiger partial charge in [-0.15, -0.1) is 11.3 Å². The summed E-state index contributed by atoms with van der Waals surface area (Å²) in [5.41, 5.74) is 2.69. The van der Waals surface area contributed by atoms with Crippen molar-refractivity contribution in [2.75, 3.05) is 40.4 Å². The number of nitrogens with zero attached hydrogens (tertiary/aromatic N) is 2. The molecule has 2 heterocycles. The van der Waals surface area contributed by atoms with Crippen LogP contribution in [0.2, 0.25) is 0 Å². The molecular formula is C33H34FN3O7S. The quantitative estimate of drug-likeness (QED) is 0.147. The van der Waals surface area contributed by atoms with Crippen molar-refractivity contribution in [3.05, 3.63) is 88.2 Å². The summed E-state index contributed by atoms with van der Waals surface area (Å²) in [6.45, 7) is 2.41. The summed E-state index contributed by atoms with van der Waals surface area (Å²) in [5, 5.41) is 2.86. The molecule has 0 unspecified atom stereocenters. The molecule has 45 heavy (non-hydrogen) atoms. The van der Waals surface area contributed by atoms with Gasteiger partial charge >= 0.3 is 11.9 Å². The number of ether oxygens (including phenoxy) is 3. The zero-order valence-electron chi connectivity index (χ0n) is 25.3. The van der Waals surface area contributed by atoms with Gasteiger partial charge in [-0.05, 0) is 48.7 Å². The Morgan fingerprint density at radius 2 is 1.64 bits per heavy atom. The Morgan fingerprint density at radius 3 is 2.33 bits per heavy atom. The van der Waals surface area contributed by atoms with Crippen molar-refractivity contribution in [1.82, 2.24) is 15.2 Å². The van der Waals surface area contributed by atoms with Crippen molar-refractivity contribution < 1.29 is 37.8 Å². The van der Waals surface area contributed by atoms with Crippen LogP contribution in [0.4, 0.5) is 4.39 Å². The number of aryl methyl sites for hydroxylation is 1. The van der Waals surface area contributed by atoms with Crippen LogP contribution in [-0.2, 0) is 36.7 Å². The number of pyridine rings is 1. The largest absolute Gasteiger partial charge is 0.468 e. The van der Waals surface area contributed by atoms with Crippen LogP contribution < -0.4 is 10.1 Å². The molecule has 0 aliphatic carbocycles. The molecule has 0 bridgehead atoms. The lowest BCUT2D eigenvalue weighted by atomic mass is 10.0. The van der Waals surface area contributed by atoms with Crippen LogP contribution in [0.3, 0.4) is 0 Å². The first kappa shape index (κ1) is 33.2. The molecule has 1 amide bonds. The minimum atomic E-state index is -0.475. The van der Waals surface area contributed by atoms with E-state index in [0.29, 0.717) is 51.7 Å². The highest BCUT2D eigenvalue weighted by molar-refractivity contribution is 7.21. The van der Waals surface area contributed by atoms with E-state index in [4.69, 9.17) is 4.74 Å². The Hall–Kier alpha value is -4.68. The van der Waals surface area contributed by atoms with Gasteiger partial charge in [-0.2, -0.15) is 0 Å². The zero-order valence-corrected chi connectivity index (χ0v) is 26.1. The Bertz CT molecular complexity index is 1650. The summed E-state index contributed by atoms with van der Waals surface area (Å²) in [7, 11) is 2.55. The van der Waals surface area contributed by atoms with Crippen LogP contribution in [0, 0.1) is 12.7 Å². The molecule has 0 fully saturated rings. The standard InChI is InChI=1S/C33H34FN3O7S/c1-21-5-10-26(34)23(15-21)17-24(38)16-22-6-8-25(9-7-22)44-28-11-13-35-27-18-29(45-32(27)28)33(41)36-12-4-14-37(19-30(39)42-2)20-31(40)43-3/h5-11,13,15,18H,4,12,14,16-17,19-20H2,1-3H3,(H,36,41). The highest BCUT2D eigenvalue weighted by atomic mass is 32.1. The number of hydrogen-bond donors (Lipinski definition) is 1. The number of methoxy groups -OCH3 is 2. The lowest BCUT2D eigenvalue weighted by molar-refractivity contribution is -0.145. The maximum atomic E-state index is 14.0. The number of hydrogen-bond acceptors (Lipinski definition) is 10. The number of thiophene rings is 1. The molecule has 2 aromatic heterocycles. The maximum Gasteiger partial charge on any atom is 0.319 e. The Balaban J connectivity index is 1.32. The molecule has 0 saturated heterocycles. The molecule has 0 radical (unpaired) electrons. The Labute approximate surface area is 264 Å². The van der Waals surface area contributed by atoms with Crippen LogP contribution in [-0.4, -0.2) is 73.9 Å². The molecule has 236 valence electrons. The smallest absolute Gasteiger partial charge is 0.319 e. The fourth-order valence-corrected chi connectivity index (χ4v) is 5.53. The third kappa shape index (κ3) is 9.65. The van der Waals surface area contributed by atoms with Gasteiger partial charge in [0, 0.05) is 38.2 Å². The van der Waals surface area contributed by atoms with Crippen molar-refractivity contribution in [2.24, 2.45) is 0 Å². The molecule has 4 rings (SSSR count). The second-order valence-corrected chi connectivity index (χ2v) is 11.4. The third-order valence-corrected chi connectivity index (χ3v) is 7.98. The lowest BCUT2D eigenvalue weighted by Gasteiger charge is -2.19. The van der Waals surface area contributed by atoms with Crippen LogP contribution in [0.15, 0.2) is 60.8 Å². The third-order valence-electron chi connectivity index (χ3n) is 6.84. The van der Waals surface area contributed by atoms with E-state index in [1.807, 2.05) is 6.92 Å². The van der Waals surface area contributed by atoms with Gasteiger partial charge in [-0.3, -0.25) is 29.1 Å². The van der Waals surface area contributed by atoms with Crippen molar-refractivity contribution in [3.8, 4) is 11.5 Å². The number of halogens is 1. The second-order valence-electron chi connectivity index (χ2n) is 10.3. The lowest BCUT2D eigenvalue weighted by Crippen LogP contribution is -2.37. The second kappa shape index (κ2) is 15.9. The van der Waals surface area contributed by atoms with Gasteiger partial charge < -0.3 is 19.5 Å². The molecule has 0 atom stereocenters. The first-order valence-electron chi connectivity index (χ1n) is 14.2. The molecule has 10 nitrogen and oxygen atoms in total. The minimum absolute atomic E-state index is 0.0261. The normalized spacial score (nSPS) is 11.0. The SMILES string of the molecule is COC(=O)CN(CCCNC(=O)c1cc2nccc(Oc3ccc(CC(=O)Cc4cc(C)ccc4F)cc3)c2s1)CC(=O)OC. The number of benzene rings is 2. The van der Waals surface area contributed by atoms with Crippen molar-refractivity contribution >= 4 is 45.2 Å². The first-order valence-corrected chi connectivity index (χ1v) is 15.0. The van der Waals surface area contributed by atoms with Gasteiger partial charge in [-0.1, -0.05) is 29.8 Å². The van der Waals surface area contributed by atoms with E-state index in [0.717, 1.165) is 11.1 Å². The summed E-state index contributed by atoms with van der Waals surface area (Å²) in [6.07, 6.45) is 2.28. The van der Waals surface area contributed by atoms with Crippen LogP contribution in [0.25, 0.3) is 10.2 Å². The van der Waals surface area contributed by atoms with Crippen LogP contribution in [0.5, 0.6) is 11.5 Å². The molecule has 0 aliphatic rings. The highest BCUT2D eigenvalue weighted by Gasteiger charge is 2.17. The van der Waals surface area contributed by atoms with Crippen molar-refractivity contribution in [1.29, 1.82) is 0 Å². The number of carbonyl (C=O) groups excluding carboxylic acids is 4.